The SMILES string of the molecule is Cc1cccc(N2C(=O)NC(=O)/C(=C\c3ccc4c(c3)[C@H](C)CC(C)(C)N4C)C2=O)c1. The lowest BCUT2D eigenvalue weighted by molar-refractivity contribution is -0.122. The first kappa shape index (κ1) is 20.8. The maximum absolute atomic E-state index is 13.1. The summed E-state index contributed by atoms with van der Waals surface area (Å²) in [5, 5.41) is 2.29. The number of fused-ring (bicyclic) bond motifs is 1. The minimum absolute atomic E-state index is 0.0559. The van der Waals surface area contributed by atoms with Gasteiger partial charge in [-0.15, -0.1) is 0 Å². The quantitative estimate of drug-likeness (QED) is 0.581. The molecule has 0 aromatic heterocycles. The van der Waals surface area contributed by atoms with Crippen molar-refractivity contribution in [3.05, 3.63) is 64.7 Å². The van der Waals surface area contributed by atoms with Crippen LogP contribution < -0.4 is 15.1 Å². The number of urea groups is 1. The zero-order chi connectivity index (χ0) is 22.5. The molecular weight excluding hydrogens is 390 g/mol. The van der Waals surface area contributed by atoms with Gasteiger partial charge in [0, 0.05) is 18.3 Å². The average Bonchev–Trinajstić information content (AvgIpc) is 2.69. The zero-order valence-corrected chi connectivity index (χ0v) is 18.5. The molecular formula is C25H27N3O3. The number of amides is 4. The highest BCUT2D eigenvalue weighted by atomic mass is 16.2. The lowest BCUT2D eigenvalue weighted by Crippen LogP contribution is -2.54. The van der Waals surface area contributed by atoms with E-state index in [1.807, 2.05) is 31.2 Å². The second-order valence-corrected chi connectivity index (χ2v) is 9.09. The molecule has 1 fully saturated rings. The van der Waals surface area contributed by atoms with E-state index in [0.717, 1.165) is 28.1 Å². The number of nitrogens with one attached hydrogen (secondary N) is 1. The van der Waals surface area contributed by atoms with Crippen LogP contribution in [0.4, 0.5) is 16.2 Å². The number of rotatable bonds is 2. The van der Waals surface area contributed by atoms with Crippen molar-refractivity contribution < 1.29 is 14.4 Å². The maximum Gasteiger partial charge on any atom is 0.335 e. The molecule has 2 aromatic rings. The normalized spacial score (nSPS) is 21.9. The molecule has 1 atom stereocenters. The van der Waals surface area contributed by atoms with Gasteiger partial charge in [0.05, 0.1) is 5.69 Å². The molecule has 2 heterocycles. The van der Waals surface area contributed by atoms with Crippen molar-refractivity contribution in [3.63, 3.8) is 0 Å². The third-order valence-electron chi connectivity index (χ3n) is 6.33. The Labute approximate surface area is 182 Å². The number of nitrogens with zero attached hydrogens (tertiary/aromatic N) is 2. The Hall–Kier alpha value is -3.41. The summed E-state index contributed by atoms with van der Waals surface area (Å²) in [5.41, 5.74) is 4.45. The summed E-state index contributed by atoms with van der Waals surface area (Å²) in [7, 11) is 2.09. The second-order valence-electron chi connectivity index (χ2n) is 9.09. The van der Waals surface area contributed by atoms with E-state index in [1.165, 1.54) is 5.56 Å². The standard InChI is InChI=1S/C25H27N3O3/c1-15-7-6-8-18(11-15)28-23(30)20(22(29)26-24(28)31)13-17-9-10-21-19(12-17)16(2)14-25(3,4)27(21)5/h6-13,16H,14H2,1-5H3,(H,26,29,31)/b20-13+/t16-/m1/s1. The Morgan fingerprint density at radius 1 is 1.10 bits per heavy atom. The van der Waals surface area contributed by atoms with Gasteiger partial charge >= 0.3 is 6.03 Å². The van der Waals surface area contributed by atoms with Gasteiger partial charge in [-0.3, -0.25) is 14.9 Å². The first-order chi connectivity index (χ1) is 14.6. The van der Waals surface area contributed by atoms with Crippen LogP contribution in [0.5, 0.6) is 0 Å². The molecule has 2 aliphatic rings. The first-order valence-corrected chi connectivity index (χ1v) is 10.4. The van der Waals surface area contributed by atoms with Crippen molar-refractivity contribution >= 4 is 35.3 Å². The molecule has 1 N–H and O–H groups in total. The summed E-state index contributed by atoms with van der Waals surface area (Å²) in [4.78, 5) is 41.3. The van der Waals surface area contributed by atoms with Crippen LogP contribution in [0.25, 0.3) is 6.08 Å². The van der Waals surface area contributed by atoms with Crippen LogP contribution >= 0.6 is 0 Å². The van der Waals surface area contributed by atoms with Crippen LogP contribution in [0.2, 0.25) is 0 Å². The predicted molar refractivity (Wildman–Crippen MR) is 122 cm³/mol. The second kappa shape index (κ2) is 7.38. The molecule has 1 saturated heterocycles. The molecule has 0 unspecified atom stereocenters. The Morgan fingerprint density at radius 3 is 2.55 bits per heavy atom. The molecule has 31 heavy (non-hydrogen) atoms. The fourth-order valence-corrected chi connectivity index (χ4v) is 4.51. The molecule has 0 spiro atoms. The van der Waals surface area contributed by atoms with E-state index in [1.54, 1.807) is 24.3 Å². The molecule has 4 amide bonds. The van der Waals surface area contributed by atoms with Crippen LogP contribution in [0, 0.1) is 6.92 Å². The van der Waals surface area contributed by atoms with Gasteiger partial charge < -0.3 is 4.90 Å². The third-order valence-corrected chi connectivity index (χ3v) is 6.33. The highest BCUT2D eigenvalue weighted by Crippen LogP contribution is 2.42. The molecule has 0 bridgehead atoms. The minimum atomic E-state index is -0.735. The number of imide groups is 2. The molecule has 2 aromatic carbocycles. The lowest BCUT2D eigenvalue weighted by Gasteiger charge is -2.45. The summed E-state index contributed by atoms with van der Waals surface area (Å²) in [5.74, 6) is -0.952. The van der Waals surface area contributed by atoms with Crippen LogP contribution in [0.3, 0.4) is 0 Å². The number of aryl methyl sites for hydroxylation is 1. The number of benzene rings is 2. The topological polar surface area (TPSA) is 69.7 Å². The highest BCUT2D eigenvalue weighted by Gasteiger charge is 2.37. The van der Waals surface area contributed by atoms with Crippen molar-refractivity contribution in [2.24, 2.45) is 0 Å². The summed E-state index contributed by atoms with van der Waals surface area (Å²) in [6.07, 6.45) is 2.57. The summed E-state index contributed by atoms with van der Waals surface area (Å²) < 4.78 is 0. The van der Waals surface area contributed by atoms with Gasteiger partial charge in [-0.25, -0.2) is 9.69 Å². The molecule has 160 valence electrons. The smallest absolute Gasteiger partial charge is 0.335 e. The van der Waals surface area contributed by atoms with Crippen LogP contribution in [-0.4, -0.2) is 30.4 Å². The van der Waals surface area contributed by atoms with E-state index in [4.69, 9.17) is 0 Å². The van der Waals surface area contributed by atoms with Gasteiger partial charge in [0.2, 0.25) is 0 Å². The van der Waals surface area contributed by atoms with Crippen LogP contribution in [0.1, 0.15) is 49.8 Å². The number of carbonyl (C=O) groups excluding carboxylic acids is 3. The van der Waals surface area contributed by atoms with Crippen molar-refractivity contribution in [2.45, 2.75) is 45.6 Å². The largest absolute Gasteiger partial charge is 0.369 e. The number of hydrogen-bond donors (Lipinski definition) is 1. The first-order valence-electron chi connectivity index (χ1n) is 10.4. The van der Waals surface area contributed by atoms with Crippen molar-refractivity contribution in [1.82, 2.24) is 5.32 Å². The molecule has 0 saturated carbocycles. The number of hydrogen-bond acceptors (Lipinski definition) is 4. The fraction of sp³-hybridized carbons (Fsp3) is 0.320. The highest BCUT2D eigenvalue weighted by molar-refractivity contribution is 6.39. The summed E-state index contributed by atoms with van der Waals surface area (Å²) >= 11 is 0. The molecule has 6 heteroatoms. The Kier molecular flexibility index (Phi) is 4.96. The van der Waals surface area contributed by atoms with Crippen molar-refractivity contribution in [2.75, 3.05) is 16.8 Å². The molecule has 6 nitrogen and oxygen atoms in total. The average molecular weight is 418 g/mol. The van der Waals surface area contributed by atoms with Crippen LogP contribution in [-0.2, 0) is 9.59 Å². The van der Waals surface area contributed by atoms with E-state index in [9.17, 15) is 14.4 Å². The van der Waals surface area contributed by atoms with Gasteiger partial charge in [0.1, 0.15) is 5.57 Å². The van der Waals surface area contributed by atoms with E-state index in [2.05, 4.69) is 38.0 Å². The van der Waals surface area contributed by atoms with E-state index >= 15 is 0 Å². The number of carbonyl (C=O) groups is 3. The zero-order valence-electron chi connectivity index (χ0n) is 18.5. The molecule has 4 rings (SSSR count). The molecule has 0 aliphatic carbocycles. The molecule has 0 radical (unpaired) electrons. The Bertz CT molecular complexity index is 1130. The van der Waals surface area contributed by atoms with Gasteiger partial charge in [-0.1, -0.05) is 25.1 Å². The monoisotopic (exact) mass is 417 g/mol. The third kappa shape index (κ3) is 3.63. The Morgan fingerprint density at radius 2 is 1.84 bits per heavy atom. The van der Waals surface area contributed by atoms with Gasteiger partial charge in [-0.05, 0) is 80.1 Å². The van der Waals surface area contributed by atoms with Gasteiger partial charge in [0.15, 0.2) is 0 Å². The number of barbiturate groups is 1. The Balaban J connectivity index is 1.73. The van der Waals surface area contributed by atoms with E-state index in [-0.39, 0.29) is 11.1 Å². The van der Waals surface area contributed by atoms with Crippen molar-refractivity contribution in [1.29, 1.82) is 0 Å². The lowest BCUT2D eigenvalue weighted by atomic mass is 9.80. The summed E-state index contributed by atoms with van der Waals surface area (Å²) in [6.45, 7) is 8.53. The molecule has 2 aliphatic heterocycles. The van der Waals surface area contributed by atoms with E-state index < -0.39 is 17.8 Å². The maximum atomic E-state index is 13.1. The minimum Gasteiger partial charge on any atom is -0.369 e. The van der Waals surface area contributed by atoms with E-state index in [0.29, 0.717) is 11.6 Å². The van der Waals surface area contributed by atoms with Gasteiger partial charge in [-0.2, -0.15) is 0 Å². The summed E-state index contributed by atoms with van der Waals surface area (Å²) in [6, 6.07) is 12.3. The fourth-order valence-electron chi connectivity index (χ4n) is 4.51. The van der Waals surface area contributed by atoms with Crippen LogP contribution in [0.15, 0.2) is 48.0 Å². The van der Waals surface area contributed by atoms with Gasteiger partial charge in [0.25, 0.3) is 11.8 Å². The van der Waals surface area contributed by atoms with Crippen molar-refractivity contribution in [3.8, 4) is 0 Å². The number of anilines is 2. The predicted octanol–water partition coefficient (Wildman–Crippen LogP) is 4.38.